The molecule has 0 unspecified atom stereocenters. The molecule has 1 aromatic rings. The Morgan fingerprint density at radius 1 is 1.32 bits per heavy atom. The molecule has 0 amide bonds. The molecule has 0 saturated heterocycles. The zero-order chi connectivity index (χ0) is 13.8. The third-order valence-electron chi connectivity index (χ3n) is 2.81. The van der Waals surface area contributed by atoms with Crippen molar-refractivity contribution in [3.8, 4) is 0 Å². The fourth-order valence-corrected chi connectivity index (χ4v) is 1.94. The van der Waals surface area contributed by atoms with Gasteiger partial charge in [0.2, 0.25) is 0 Å². The van der Waals surface area contributed by atoms with Crippen molar-refractivity contribution in [2.24, 2.45) is 0 Å². The number of rotatable bonds is 4. The number of halogens is 1. The molecule has 2 nitrogen and oxygen atoms in total. The molecule has 0 atom stereocenters. The maximum atomic E-state index is 13.8. The first-order chi connectivity index (χ1) is 9.15. The Hall–Kier alpha value is -2.13. The van der Waals surface area contributed by atoms with Gasteiger partial charge in [0.1, 0.15) is 5.83 Å². The predicted octanol–water partition coefficient (Wildman–Crippen LogP) is 4.22. The summed E-state index contributed by atoms with van der Waals surface area (Å²) in [6.07, 6.45) is 3.08. The van der Waals surface area contributed by atoms with Crippen LogP contribution in [-0.4, -0.2) is 11.7 Å². The minimum absolute atomic E-state index is 0.200. The third-order valence-corrected chi connectivity index (χ3v) is 2.81. The molecule has 1 heterocycles. The van der Waals surface area contributed by atoms with Crippen LogP contribution in [-0.2, 0) is 4.84 Å². The number of nitrogens with zero attached hydrogens (tertiary/aromatic N) is 1. The monoisotopic (exact) mass is 257 g/mol. The van der Waals surface area contributed by atoms with E-state index in [2.05, 4.69) is 13.2 Å². The van der Waals surface area contributed by atoms with Crippen LogP contribution in [0, 0.1) is 0 Å². The van der Waals surface area contributed by atoms with E-state index in [0.717, 1.165) is 16.8 Å². The Bertz CT molecular complexity index is 557. The van der Waals surface area contributed by atoms with Gasteiger partial charge in [-0.1, -0.05) is 43.0 Å². The number of hydrogen-bond donors (Lipinski definition) is 0. The lowest BCUT2D eigenvalue weighted by molar-refractivity contribution is -0.0675. The highest BCUT2D eigenvalue weighted by molar-refractivity contribution is 5.72. The Labute approximate surface area is 112 Å². The molecule has 0 bridgehead atoms. The molecular formula is C16H16FNO. The second-order valence-electron chi connectivity index (χ2n) is 4.22. The van der Waals surface area contributed by atoms with E-state index in [0.29, 0.717) is 0 Å². The Morgan fingerprint density at radius 3 is 2.63 bits per heavy atom. The lowest BCUT2D eigenvalue weighted by Gasteiger charge is -2.31. The smallest absolute Gasteiger partial charge is 0.149 e. The van der Waals surface area contributed by atoms with Crippen LogP contribution >= 0.6 is 0 Å². The zero-order valence-electron chi connectivity index (χ0n) is 10.9. The number of hydrogen-bond acceptors (Lipinski definition) is 2. The third kappa shape index (κ3) is 2.66. The van der Waals surface area contributed by atoms with E-state index in [1.54, 1.807) is 6.08 Å². The van der Waals surface area contributed by atoms with Gasteiger partial charge in [-0.25, -0.2) is 9.45 Å². The van der Waals surface area contributed by atoms with Crippen LogP contribution in [0.5, 0.6) is 0 Å². The van der Waals surface area contributed by atoms with Gasteiger partial charge in [0.15, 0.2) is 0 Å². The maximum Gasteiger partial charge on any atom is 0.149 e. The largest absolute Gasteiger partial charge is 0.264 e. The Balaban J connectivity index is 2.47. The summed E-state index contributed by atoms with van der Waals surface area (Å²) in [4.78, 5) is 5.53. The normalized spacial score (nSPS) is 15.6. The molecular weight excluding hydrogens is 241 g/mol. The van der Waals surface area contributed by atoms with Crippen LogP contribution in [0.4, 0.5) is 4.39 Å². The highest BCUT2D eigenvalue weighted by Crippen LogP contribution is 2.35. The van der Waals surface area contributed by atoms with Crippen LogP contribution in [0.3, 0.4) is 0 Å². The quantitative estimate of drug-likeness (QED) is 0.749. The predicted molar refractivity (Wildman–Crippen MR) is 75.4 cm³/mol. The van der Waals surface area contributed by atoms with Gasteiger partial charge in [-0.15, -0.1) is 6.58 Å². The number of benzene rings is 1. The van der Waals surface area contributed by atoms with Crippen molar-refractivity contribution in [3.05, 3.63) is 78.3 Å². The first-order valence-electron chi connectivity index (χ1n) is 6.02. The summed E-state index contributed by atoms with van der Waals surface area (Å²) in [7, 11) is 0. The number of allylic oxidation sites excluding steroid dienone is 3. The zero-order valence-corrected chi connectivity index (χ0v) is 10.9. The number of hydroxylamine groups is 2. The van der Waals surface area contributed by atoms with Crippen LogP contribution in [0.15, 0.2) is 72.7 Å². The molecule has 0 saturated carbocycles. The molecule has 1 aromatic carbocycles. The molecule has 1 aliphatic rings. The lowest BCUT2D eigenvalue weighted by Crippen LogP contribution is -2.25. The minimum atomic E-state index is -0.388. The molecule has 19 heavy (non-hydrogen) atoms. The van der Waals surface area contributed by atoms with Gasteiger partial charge in [-0.2, -0.15) is 0 Å². The fourth-order valence-electron chi connectivity index (χ4n) is 1.94. The topological polar surface area (TPSA) is 12.5 Å². The first-order valence-corrected chi connectivity index (χ1v) is 6.02. The van der Waals surface area contributed by atoms with Gasteiger partial charge in [0.25, 0.3) is 0 Å². The van der Waals surface area contributed by atoms with E-state index in [1.165, 1.54) is 11.1 Å². The van der Waals surface area contributed by atoms with Gasteiger partial charge < -0.3 is 0 Å². The molecule has 3 heteroatoms. The molecule has 1 aliphatic heterocycles. The van der Waals surface area contributed by atoms with Crippen molar-refractivity contribution in [1.29, 1.82) is 0 Å². The second kappa shape index (κ2) is 5.67. The average molecular weight is 257 g/mol. The van der Waals surface area contributed by atoms with Crippen molar-refractivity contribution in [1.82, 2.24) is 5.06 Å². The van der Waals surface area contributed by atoms with Crippen molar-refractivity contribution >= 4 is 5.70 Å². The van der Waals surface area contributed by atoms with E-state index in [9.17, 15) is 4.39 Å². The van der Waals surface area contributed by atoms with E-state index < -0.39 is 0 Å². The lowest BCUT2D eigenvalue weighted by atomic mass is 10.0. The fraction of sp³-hybridized carbons (Fsp3) is 0.125. The Kier molecular flexibility index (Phi) is 3.97. The highest BCUT2D eigenvalue weighted by atomic mass is 19.1. The van der Waals surface area contributed by atoms with E-state index in [-0.39, 0.29) is 18.1 Å². The van der Waals surface area contributed by atoms with E-state index in [4.69, 9.17) is 4.84 Å². The van der Waals surface area contributed by atoms with Crippen LogP contribution in [0.25, 0.3) is 5.70 Å². The summed E-state index contributed by atoms with van der Waals surface area (Å²) in [6, 6.07) is 9.70. The Morgan fingerprint density at radius 2 is 2.00 bits per heavy atom. The molecule has 0 radical (unpaired) electrons. The van der Waals surface area contributed by atoms with Crippen molar-refractivity contribution in [3.63, 3.8) is 0 Å². The van der Waals surface area contributed by atoms with E-state index in [1.807, 2.05) is 37.3 Å². The van der Waals surface area contributed by atoms with E-state index >= 15 is 0 Å². The molecule has 0 N–H and O–H groups in total. The average Bonchev–Trinajstić information content (AvgIpc) is 2.42. The van der Waals surface area contributed by atoms with Crippen molar-refractivity contribution in [2.45, 2.75) is 6.92 Å². The van der Waals surface area contributed by atoms with Gasteiger partial charge >= 0.3 is 0 Å². The maximum absolute atomic E-state index is 13.8. The SMILES string of the molecule is C=CCON1C(=C)C(F)=CC(C)=C1c1ccccc1. The van der Waals surface area contributed by atoms with Gasteiger partial charge in [0.05, 0.1) is 18.0 Å². The molecule has 2 rings (SSSR count). The van der Waals surface area contributed by atoms with Crippen LogP contribution in [0.1, 0.15) is 12.5 Å². The van der Waals surface area contributed by atoms with Crippen molar-refractivity contribution in [2.75, 3.05) is 6.61 Å². The molecule has 0 spiro atoms. The summed E-state index contributed by atoms with van der Waals surface area (Å²) < 4.78 is 13.8. The van der Waals surface area contributed by atoms with Crippen LogP contribution < -0.4 is 0 Å². The molecule has 0 aliphatic carbocycles. The van der Waals surface area contributed by atoms with Crippen LogP contribution in [0.2, 0.25) is 0 Å². The summed E-state index contributed by atoms with van der Waals surface area (Å²) in [5, 5.41) is 1.43. The summed E-state index contributed by atoms with van der Waals surface area (Å²) in [5.74, 6) is -0.388. The summed E-state index contributed by atoms with van der Waals surface area (Å²) >= 11 is 0. The van der Waals surface area contributed by atoms with Gasteiger partial charge in [0, 0.05) is 5.56 Å². The highest BCUT2D eigenvalue weighted by Gasteiger charge is 2.24. The summed E-state index contributed by atoms with van der Waals surface area (Å²) in [5.41, 5.74) is 2.74. The molecule has 0 fully saturated rings. The van der Waals surface area contributed by atoms with Crippen molar-refractivity contribution < 1.29 is 9.23 Å². The standard InChI is InChI=1S/C16H16FNO/c1-4-10-19-18-13(3)15(17)11-12(2)16(18)14-8-6-5-7-9-14/h4-9,11H,1,3,10H2,2H3. The minimum Gasteiger partial charge on any atom is -0.264 e. The van der Waals surface area contributed by atoms with Gasteiger partial charge in [-0.3, -0.25) is 4.84 Å². The first kappa shape index (κ1) is 13.3. The molecule has 98 valence electrons. The second-order valence-corrected chi connectivity index (χ2v) is 4.22. The van der Waals surface area contributed by atoms with Gasteiger partial charge in [-0.05, 0) is 18.6 Å². The molecule has 0 aromatic heterocycles. The summed E-state index contributed by atoms with van der Waals surface area (Å²) in [6.45, 7) is 9.46.